The molecule has 4 heterocycles. The molecule has 2 aliphatic heterocycles. The number of nitrogens with zero attached hydrogens (tertiary/aromatic N) is 8. The number of nitriles is 1. The van der Waals surface area contributed by atoms with Crippen LogP contribution in [-0.2, 0) is 14.3 Å². The molecule has 2 atom stereocenters. The first-order valence-electron chi connectivity index (χ1n) is 25.3. The van der Waals surface area contributed by atoms with Gasteiger partial charge < -0.3 is 29.3 Å². The summed E-state index contributed by atoms with van der Waals surface area (Å²) in [6.45, 7) is 11.8. The van der Waals surface area contributed by atoms with E-state index in [4.69, 9.17) is 14.7 Å². The number of rotatable bonds is 12. The van der Waals surface area contributed by atoms with Gasteiger partial charge in [0.1, 0.15) is 23.0 Å². The highest BCUT2D eigenvalue weighted by molar-refractivity contribution is 7.99. The molecular weight excluding hydrogens is 997 g/mol. The number of hydrogen-bond donors (Lipinski definition) is 1. The van der Waals surface area contributed by atoms with E-state index in [0.717, 1.165) is 71.4 Å². The lowest BCUT2D eigenvalue weighted by Gasteiger charge is -2.37. The highest BCUT2D eigenvalue weighted by atomic mass is 32.2. The number of hydrogen-bond acceptors (Lipinski definition) is 13. The quantitative estimate of drug-likeness (QED) is 0.0912. The second kappa shape index (κ2) is 29.2. The Morgan fingerprint density at radius 3 is 2.00 bits per heavy atom. The number of pyridine rings is 2. The van der Waals surface area contributed by atoms with E-state index in [9.17, 15) is 19.5 Å². The van der Waals surface area contributed by atoms with Crippen LogP contribution < -0.4 is 19.4 Å². The summed E-state index contributed by atoms with van der Waals surface area (Å²) in [6.07, 6.45) is 2.52. The molecule has 1 fully saturated rings. The van der Waals surface area contributed by atoms with Gasteiger partial charge in [-0.3, -0.25) is 24.2 Å². The number of likely N-dealkylation sites (N-methyl/N-ethyl adjacent to an activating group) is 1. The summed E-state index contributed by atoms with van der Waals surface area (Å²) >= 11 is 1.58. The molecule has 1 saturated heterocycles. The molecule has 0 spiro atoms. The van der Waals surface area contributed by atoms with Crippen molar-refractivity contribution in [1.82, 2.24) is 19.8 Å². The van der Waals surface area contributed by atoms with Gasteiger partial charge in [-0.2, -0.15) is 5.26 Å². The second-order valence-corrected chi connectivity index (χ2v) is 19.8. The highest BCUT2D eigenvalue weighted by Gasteiger charge is 2.40. The SMILES string of the molecule is C.CC(=O)O[C@H]1C(=O)N(CCN(C)C)c2ccccc2S[C@H]1c1ccc(C)cc1.COc1ccccc1N1CCN(CCN(C(=O)c2ccc(C)cc2)c2ccccn2)CC1.N#Cc1cc(O)cc(C#Cc2ccccn2)c1. The van der Waals surface area contributed by atoms with Gasteiger partial charge in [-0.1, -0.05) is 97.3 Å². The van der Waals surface area contributed by atoms with Crippen molar-refractivity contribution in [3.05, 3.63) is 203 Å². The summed E-state index contributed by atoms with van der Waals surface area (Å²) in [5.74, 6) is 6.69. The summed E-state index contributed by atoms with van der Waals surface area (Å²) in [4.78, 5) is 58.5. The van der Waals surface area contributed by atoms with Crippen molar-refractivity contribution in [3.63, 3.8) is 0 Å². The molecule has 0 unspecified atom stereocenters. The minimum Gasteiger partial charge on any atom is -0.508 e. The number of aromatic nitrogens is 2. The average Bonchev–Trinajstić information content (AvgIpc) is 3.63. The Morgan fingerprint density at radius 2 is 1.37 bits per heavy atom. The number of phenolic OH excluding ortho intramolecular Hbond substituents is 1. The van der Waals surface area contributed by atoms with Crippen LogP contribution in [0.4, 0.5) is 17.2 Å². The van der Waals surface area contributed by atoms with Crippen molar-refractivity contribution >= 4 is 46.7 Å². The number of aryl methyl sites for hydroxylation is 2. The van der Waals surface area contributed by atoms with E-state index in [1.807, 2.05) is 160 Å². The summed E-state index contributed by atoms with van der Waals surface area (Å²) in [5, 5.41) is 17.8. The predicted molar refractivity (Wildman–Crippen MR) is 311 cm³/mol. The Labute approximate surface area is 463 Å². The van der Waals surface area contributed by atoms with E-state index in [0.29, 0.717) is 47.8 Å². The fourth-order valence-electron chi connectivity index (χ4n) is 8.55. The summed E-state index contributed by atoms with van der Waals surface area (Å²) in [6, 6.07) is 49.4. The first kappa shape index (κ1) is 58.8. The van der Waals surface area contributed by atoms with Crippen molar-refractivity contribution in [1.29, 1.82) is 5.26 Å². The zero-order valence-electron chi connectivity index (χ0n) is 44.4. The molecule has 14 nitrogen and oxygen atoms in total. The van der Waals surface area contributed by atoms with Gasteiger partial charge in [-0.05, 0) is 118 Å². The van der Waals surface area contributed by atoms with Crippen LogP contribution in [0.2, 0.25) is 0 Å². The molecule has 2 amide bonds. The van der Waals surface area contributed by atoms with Crippen LogP contribution in [0.3, 0.4) is 0 Å². The monoisotopic (exact) mass is 1060 g/mol. The highest BCUT2D eigenvalue weighted by Crippen LogP contribution is 2.46. The topological polar surface area (TPSA) is 156 Å². The lowest BCUT2D eigenvalue weighted by molar-refractivity contribution is -0.152. The number of carbonyl (C=O) groups is 3. The number of ether oxygens (including phenoxy) is 2. The summed E-state index contributed by atoms with van der Waals surface area (Å²) in [7, 11) is 5.66. The van der Waals surface area contributed by atoms with Gasteiger partial charge in [0.05, 0.1) is 35.4 Å². The number of amides is 2. The third-order valence-electron chi connectivity index (χ3n) is 12.6. The zero-order valence-corrected chi connectivity index (χ0v) is 45.2. The fraction of sp³-hybridized carbons (Fsp3) is 0.270. The Morgan fingerprint density at radius 1 is 0.744 bits per heavy atom. The Balaban J connectivity index is 0.000000196. The predicted octanol–water partition coefficient (Wildman–Crippen LogP) is 10.2. The van der Waals surface area contributed by atoms with E-state index in [1.54, 1.807) is 53.2 Å². The van der Waals surface area contributed by atoms with Crippen LogP contribution in [0.15, 0.2) is 169 Å². The van der Waals surface area contributed by atoms with Crippen LogP contribution in [0, 0.1) is 37.0 Å². The maximum Gasteiger partial charge on any atom is 0.303 e. The molecule has 0 saturated carbocycles. The van der Waals surface area contributed by atoms with Gasteiger partial charge in [0.15, 0.2) is 6.10 Å². The first-order chi connectivity index (χ1) is 37.3. The lowest BCUT2D eigenvalue weighted by Crippen LogP contribution is -2.49. The maximum atomic E-state index is 13.5. The number of fused-ring (bicyclic) bond motifs is 1. The Kier molecular flexibility index (Phi) is 22.0. The molecule has 2 aliphatic rings. The molecular formula is C63H68N8O6S. The summed E-state index contributed by atoms with van der Waals surface area (Å²) in [5.41, 5.74) is 7.56. The van der Waals surface area contributed by atoms with E-state index in [2.05, 4.69) is 37.7 Å². The molecule has 1 N–H and O–H groups in total. The number of phenols is 1. The van der Waals surface area contributed by atoms with Crippen molar-refractivity contribution < 1.29 is 29.0 Å². The van der Waals surface area contributed by atoms with E-state index < -0.39 is 12.1 Å². The lowest BCUT2D eigenvalue weighted by atomic mass is 10.0. The molecule has 0 aliphatic carbocycles. The summed E-state index contributed by atoms with van der Waals surface area (Å²) < 4.78 is 11.1. The maximum absolute atomic E-state index is 13.5. The zero-order chi connectivity index (χ0) is 54.7. The van der Waals surface area contributed by atoms with Gasteiger partial charge in [0, 0.05) is 87.7 Å². The molecule has 2 aromatic heterocycles. The van der Waals surface area contributed by atoms with Crippen molar-refractivity contribution in [2.45, 2.75) is 44.4 Å². The van der Waals surface area contributed by atoms with Crippen molar-refractivity contribution in [2.75, 3.05) is 88.3 Å². The number of piperazine rings is 1. The number of anilines is 3. The largest absolute Gasteiger partial charge is 0.508 e. The molecule has 15 heteroatoms. The van der Waals surface area contributed by atoms with Gasteiger partial charge in [-0.25, -0.2) is 9.97 Å². The third-order valence-corrected chi connectivity index (χ3v) is 14.0. The molecule has 78 heavy (non-hydrogen) atoms. The van der Waals surface area contributed by atoms with Crippen LogP contribution in [0.5, 0.6) is 11.5 Å². The minimum absolute atomic E-state index is 0. The first-order valence-corrected chi connectivity index (χ1v) is 26.2. The molecule has 0 radical (unpaired) electrons. The normalized spacial score (nSPS) is 14.7. The Bertz CT molecular complexity index is 3170. The van der Waals surface area contributed by atoms with E-state index in [-0.39, 0.29) is 30.2 Å². The molecule has 0 bridgehead atoms. The number of para-hydroxylation sites is 3. The van der Waals surface area contributed by atoms with Gasteiger partial charge in [0.25, 0.3) is 11.8 Å². The number of methoxy groups -OCH3 is 1. The number of thioether (sulfide) groups is 1. The van der Waals surface area contributed by atoms with Gasteiger partial charge >= 0.3 is 5.97 Å². The number of aromatic hydroxyl groups is 1. The van der Waals surface area contributed by atoms with Crippen LogP contribution in [0.1, 0.15) is 63.5 Å². The third kappa shape index (κ3) is 16.5. The van der Waals surface area contributed by atoms with Gasteiger partial charge in [0.2, 0.25) is 0 Å². The van der Waals surface area contributed by atoms with Crippen LogP contribution in [-0.4, -0.2) is 122 Å². The number of carbonyl (C=O) groups excluding carboxylic acids is 3. The smallest absolute Gasteiger partial charge is 0.303 e. The molecule has 9 rings (SSSR count). The fourth-order valence-corrected chi connectivity index (χ4v) is 9.87. The van der Waals surface area contributed by atoms with Crippen LogP contribution >= 0.6 is 11.8 Å². The van der Waals surface area contributed by atoms with E-state index in [1.165, 1.54) is 19.1 Å². The van der Waals surface area contributed by atoms with Gasteiger partial charge in [-0.15, -0.1) is 11.8 Å². The van der Waals surface area contributed by atoms with Crippen molar-refractivity contribution in [3.8, 4) is 29.4 Å². The molecule has 7 aromatic rings. The number of esters is 1. The molecule has 402 valence electrons. The van der Waals surface area contributed by atoms with E-state index >= 15 is 0 Å². The van der Waals surface area contributed by atoms with Crippen LogP contribution in [0.25, 0.3) is 0 Å². The van der Waals surface area contributed by atoms with Crippen molar-refractivity contribution in [2.24, 2.45) is 0 Å². The number of benzene rings is 5. The Hall–Kier alpha value is -8.47. The minimum atomic E-state index is -0.875. The standard InChI is InChI=1S/C26H30N4O2.C22H26N2O3S.C14H8N2O.CH4/c1-21-10-12-22(13-11-21)26(31)30(25-9-5-6-14-27-25)20-17-28-15-18-29(19-16-28)23-7-3-4-8-24(23)32-2;1-15-9-11-17(12-10-15)21-20(27-16(2)25)22(26)24(14-13-23(3)4)18-7-5-6-8-19(18)28-21;15-10-12-7-11(8-14(17)9-12)4-5-13-3-1-2-6-16-13;/h3-14H,15-20H2,1-2H3;5-12,20-21H,13-14H2,1-4H3;1-3,6-9,17H;1H4/t;20-,21+;;/m.1../s1. The second-order valence-electron chi connectivity index (χ2n) is 18.6. The molecule has 5 aromatic carbocycles. The average molecular weight is 1070 g/mol.